The Labute approximate surface area is 207 Å². The predicted octanol–water partition coefficient (Wildman–Crippen LogP) is 4.04. The fraction of sp³-hybridized carbons (Fsp3) is 0.273. The SMILES string of the molecule is Cn1ccc(-c2ccc(Nc3cc(NC(=O)[C@@H]4CC4(F)F)nc4[nH]c(C(F)F)nc34)c(S(C)(=O)=O)c2)n1. The van der Waals surface area contributed by atoms with E-state index >= 15 is 0 Å². The molecule has 1 amide bonds. The molecule has 3 aromatic heterocycles. The highest BCUT2D eigenvalue weighted by molar-refractivity contribution is 7.90. The Morgan fingerprint density at radius 2 is 1.92 bits per heavy atom. The number of hydrogen-bond donors (Lipinski definition) is 3. The third kappa shape index (κ3) is 4.85. The number of H-pyrrole nitrogens is 1. The number of sulfone groups is 1. The molecule has 10 nitrogen and oxygen atoms in total. The van der Waals surface area contributed by atoms with Gasteiger partial charge in [0, 0.05) is 37.6 Å². The highest BCUT2D eigenvalue weighted by Gasteiger charge is 2.61. The zero-order valence-electron chi connectivity index (χ0n) is 19.3. The van der Waals surface area contributed by atoms with E-state index in [0.29, 0.717) is 11.3 Å². The van der Waals surface area contributed by atoms with Crippen LogP contribution in [0.25, 0.3) is 22.4 Å². The third-order valence-electron chi connectivity index (χ3n) is 5.73. The Kier molecular flexibility index (Phi) is 5.69. The van der Waals surface area contributed by atoms with E-state index in [2.05, 4.69) is 30.7 Å². The summed E-state index contributed by atoms with van der Waals surface area (Å²) in [5.41, 5.74) is 0.914. The maximum Gasteiger partial charge on any atom is 0.295 e. The predicted molar refractivity (Wildman–Crippen MR) is 126 cm³/mol. The highest BCUT2D eigenvalue weighted by Crippen LogP contribution is 2.49. The van der Waals surface area contributed by atoms with Crippen molar-refractivity contribution in [2.24, 2.45) is 13.0 Å². The summed E-state index contributed by atoms with van der Waals surface area (Å²) in [4.78, 5) is 22.2. The number of rotatable bonds is 7. The third-order valence-corrected chi connectivity index (χ3v) is 6.87. The van der Waals surface area contributed by atoms with E-state index in [-0.39, 0.29) is 33.3 Å². The summed E-state index contributed by atoms with van der Waals surface area (Å²) in [5, 5.41) is 9.38. The van der Waals surface area contributed by atoms with Crippen molar-refractivity contribution in [2.75, 3.05) is 16.9 Å². The molecule has 0 aliphatic heterocycles. The van der Waals surface area contributed by atoms with Gasteiger partial charge >= 0.3 is 0 Å². The summed E-state index contributed by atoms with van der Waals surface area (Å²) in [7, 11) is -2.09. The lowest BCUT2D eigenvalue weighted by molar-refractivity contribution is -0.119. The number of aromatic nitrogens is 5. The van der Waals surface area contributed by atoms with E-state index in [0.717, 1.165) is 6.26 Å². The second kappa shape index (κ2) is 8.54. The number of anilines is 3. The Balaban J connectivity index is 1.57. The van der Waals surface area contributed by atoms with Crippen LogP contribution in [0, 0.1) is 5.92 Å². The smallest absolute Gasteiger partial charge is 0.295 e. The number of carbonyl (C=O) groups is 1. The molecule has 4 aromatic rings. The number of halogens is 4. The normalized spacial score (nSPS) is 16.8. The summed E-state index contributed by atoms with van der Waals surface area (Å²) in [6, 6.07) is 7.40. The van der Waals surface area contributed by atoms with Crippen molar-refractivity contribution in [1.82, 2.24) is 24.7 Å². The van der Waals surface area contributed by atoms with E-state index in [9.17, 15) is 30.8 Å². The lowest BCUT2D eigenvalue weighted by atomic mass is 10.1. The highest BCUT2D eigenvalue weighted by atomic mass is 32.2. The Bertz CT molecular complexity index is 1650. The molecule has 1 aliphatic carbocycles. The number of nitrogens with zero attached hydrogens (tertiary/aromatic N) is 4. The van der Waals surface area contributed by atoms with Crippen LogP contribution >= 0.6 is 0 Å². The van der Waals surface area contributed by atoms with Gasteiger partial charge in [0.05, 0.1) is 22.0 Å². The monoisotopic (exact) mass is 537 g/mol. The van der Waals surface area contributed by atoms with Crippen molar-refractivity contribution in [3.63, 3.8) is 0 Å². The molecule has 37 heavy (non-hydrogen) atoms. The van der Waals surface area contributed by atoms with Crippen LogP contribution in [0.1, 0.15) is 18.7 Å². The van der Waals surface area contributed by atoms with Crippen molar-refractivity contribution in [3.8, 4) is 11.3 Å². The molecule has 5 rings (SSSR count). The van der Waals surface area contributed by atoms with Gasteiger partial charge in [0.25, 0.3) is 12.3 Å². The summed E-state index contributed by atoms with van der Waals surface area (Å²) in [5.74, 6) is -6.54. The molecule has 1 saturated carbocycles. The molecule has 15 heteroatoms. The van der Waals surface area contributed by atoms with Crippen LogP contribution in [-0.4, -0.2) is 51.2 Å². The molecule has 0 radical (unpaired) electrons. The zero-order valence-corrected chi connectivity index (χ0v) is 20.1. The molecule has 1 fully saturated rings. The van der Waals surface area contributed by atoms with Gasteiger partial charge in [0.2, 0.25) is 5.91 Å². The number of amides is 1. The number of pyridine rings is 1. The van der Waals surface area contributed by atoms with Crippen LogP contribution in [0.3, 0.4) is 0 Å². The van der Waals surface area contributed by atoms with Crippen LogP contribution < -0.4 is 10.6 Å². The topological polar surface area (TPSA) is 135 Å². The Hall–Kier alpha value is -4.01. The molecule has 3 heterocycles. The number of nitrogens with one attached hydrogen (secondary N) is 3. The zero-order chi connectivity index (χ0) is 26.7. The van der Waals surface area contributed by atoms with E-state index in [4.69, 9.17) is 0 Å². The second-order valence-corrected chi connectivity index (χ2v) is 10.6. The minimum Gasteiger partial charge on any atom is -0.352 e. The average molecular weight is 537 g/mol. The largest absolute Gasteiger partial charge is 0.352 e. The first-order chi connectivity index (χ1) is 17.3. The second-order valence-electron chi connectivity index (χ2n) is 8.66. The maximum absolute atomic E-state index is 13.3. The van der Waals surface area contributed by atoms with Crippen LogP contribution in [0.4, 0.5) is 34.8 Å². The standard InChI is InChI=1S/C22H19F4N7O3S/c1-33-6-5-12(32-33)10-3-4-13(15(7-10)37(2,35)36)27-14-8-16(29-21(34)11-9-22(11,25)26)28-19-17(14)30-20(31-19)18(23)24/h3-8,11,18H,9H2,1-2H3,(H3,27,28,29,30,31,34)/t11-/m0/s1. The number of benzene rings is 1. The lowest BCUT2D eigenvalue weighted by Crippen LogP contribution is -2.18. The van der Waals surface area contributed by atoms with Crippen LogP contribution in [0.2, 0.25) is 0 Å². The van der Waals surface area contributed by atoms with Crippen LogP contribution in [0.5, 0.6) is 0 Å². The van der Waals surface area contributed by atoms with Gasteiger partial charge in [-0.25, -0.2) is 35.9 Å². The molecule has 0 bridgehead atoms. The molecule has 3 N–H and O–H groups in total. The van der Waals surface area contributed by atoms with Gasteiger partial charge in [-0.15, -0.1) is 0 Å². The van der Waals surface area contributed by atoms with E-state index < -0.39 is 46.3 Å². The number of imidazole rings is 1. The number of aromatic amines is 1. The minimum atomic E-state index is -3.80. The number of alkyl halides is 4. The molecule has 1 aromatic carbocycles. The summed E-state index contributed by atoms with van der Waals surface area (Å²) >= 11 is 0. The summed E-state index contributed by atoms with van der Waals surface area (Å²) in [6.07, 6.45) is -0.884. The van der Waals surface area contributed by atoms with Gasteiger partial charge in [-0.2, -0.15) is 5.10 Å². The molecule has 1 aliphatic rings. The quantitative estimate of drug-likeness (QED) is 0.303. The van der Waals surface area contributed by atoms with Gasteiger partial charge in [-0.1, -0.05) is 6.07 Å². The molecular formula is C22H19F4N7O3S. The first-order valence-electron chi connectivity index (χ1n) is 10.8. The molecular weight excluding hydrogens is 518 g/mol. The van der Waals surface area contributed by atoms with Gasteiger partial charge < -0.3 is 15.6 Å². The maximum atomic E-state index is 13.3. The molecule has 0 spiro atoms. The fourth-order valence-electron chi connectivity index (χ4n) is 3.79. The number of hydrogen-bond acceptors (Lipinski definition) is 7. The van der Waals surface area contributed by atoms with Gasteiger partial charge in [0.1, 0.15) is 17.3 Å². The average Bonchev–Trinajstić information content (AvgIpc) is 3.14. The van der Waals surface area contributed by atoms with Crippen molar-refractivity contribution >= 4 is 44.1 Å². The number of fused-ring (bicyclic) bond motifs is 1. The molecule has 1 atom stereocenters. The van der Waals surface area contributed by atoms with E-state index in [1.807, 2.05) is 0 Å². The Morgan fingerprint density at radius 3 is 2.51 bits per heavy atom. The summed E-state index contributed by atoms with van der Waals surface area (Å²) in [6.45, 7) is 0. The molecule has 194 valence electrons. The summed E-state index contributed by atoms with van der Waals surface area (Å²) < 4.78 is 80.1. The first-order valence-corrected chi connectivity index (χ1v) is 12.7. The lowest BCUT2D eigenvalue weighted by Gasteiger charge is -2.14. The van der Waals surface area contributed by atoms with Crippen molar-refractivity contribution < 1.29 is 30.8 Å². The minimum absolute atomic E-state index is 0.0153. The number of aryl methyl sites for hydroxylation is 1. The molecule has 0 unspecified atom stereocenters. The van der Waals surface area contributed by atoms with Crippen molar-refractivity contribution in [3.05, 3.63) is 42.4 Å². The van der Waals surface area contributed by atoms with Crippen molar-refractivity contribution in [2.45, 2.75) is 23.7 Å². The Morgan fingerprint density at radius 1 is 1.19 bits per heavy atom. The van der Waals surface area contributed by atoms with E-state index in [1.165, 1.54) is 18.2 Å². The van der Waals surface area contributed by atoms with Crippen LogP contribution in [-0.2, 0) is 21.7 Å². The van der Waals surface area contributed by atoms with Crippen molar-refractivity contribution in [1.29, 1.82) is 0 Å². The number of carbonyl (C=O) groups excluding carboxylic acids is 1. The first kappa shape index (κ1) is 24.7. The van der Waals surface area contributed by atoms with E-state index in [1.54, 1.807) is 30.1 Å². The molecule has 0 saturated heterocycles. The van der Waals surface area contributed by atoms with Crippen LogP contribution in [0.15, 0.2) is 41.4 Å². The fourth-order valence-corrected chi connectivity index (χ4v) is 4.65. The van der Waals surface area contributed by atoms with Gasteiger partial charge in [0.15, 0.2) is 21.3 Å². The van der Waals surface area contributed by atoms with Gasteiger partial charge in [-0.05, 0) is 18.2 Å². The van der Waals surface area contributed by atoms with Gasteiger partial charge in [-0.3, -0.25) is 9.48 Å².